The van der Waals surface area contributed by atoms with Crippen LogP contribution in [-0.2, 0) is 6.54 Å². The molecule has 2 rings (SSSR count). The van der Waals surface area contributed by atoms with Gasteiger partial charge in [0.2, 0.25) is 0 Å². The molecule has 0 aliphatic rings. The van der Waals surface area contributed by atoms with E-state index in [0.717, 1.165) is 5.69 Å². The van der Waals surface area contributed by atoms with Crippen molar-refractivity contribution < 1.29 is 9.13 Å². The first-order valence-corrected chi connectivity index (χ1v) is 5.01. The predicted molar refractivity (Wildman–Crippen MR) is 59.0 cm³/mol. The second-order valence-corrected chi connectivity index (χ2v) is 3.59. The number of methoxy groups -OCH3 is 1. The second kappa shape index (κ2) is 4.35. The van der Waals surface area contributed by atoms with Crippen LogP contribution in [0.25, 0.3) is 0 Å². The summed E-state index contributed by atoms with van der Waals surface area (Å²) < 4.78 is 20.3. The first kappa shape index (κ1) is 10.7. The molecular weight excluding hydrogens is 207 g/mol. The molecule has 0 aliphatic carbocycles. The van der Waals surface area contributed by atoms with Crippen LogP contribution in [0.2, 0.25) is 0 Å². The minimum absolute atomic E-state index is 0.269. The van der Waals surface area contributed by atoms with Crippen LogP contribution in [0, 0.1) is 12.7 Å². The van der Waals surface area contributed by atoms with E-state index in [9.17, 15) is 4.39 Å². The Bertz CT molecular complexity index is 494. The molecule has 84 valence electrons. The van der Waals surface area contributed by atoms with E-state index < -0.39 is 0 Å². The highest BCUT2D eigenvalue weighted by Crippen LogP contribution is 2.17. The topological polar surface area (TPSA) is 27.1 Å². The predicted octanol–water partition coefficient (Wildman–Crippen LogP) is 2.39. The van der Waals surface area contributed by atoms with Crippen LogP contribution in [-0.4, -0.2) is 16.9 Å². The number of nitrogens with zero attached hydrogens (tertiary/aromatic N) is 2. The van der Waals surface area contributed by atoms with E-state index in [1.54, 1.807) is 23.0 Å². The molecule has 0 atom stereocenters. The van der Waals surface area contributed by atoms with Gasteiger partial charge in [0.25, 0.3) is 0 Å². The van der Waals surface area contributed by atoms with Gasteiger partial charge in [-0.25, -0.2) is 4.39 Å². The average molecular weight is 220 g/mol. The Kier molecular flexibility index (Phi) is 2.90. The Morgan fingerprint density at radius 3 is 2.75 bits per heavy atom. The highest BCUT2D eigenvalue weighted by molar-refractivity contribution is 5.29. The largest absolute Gasteiger partial charge is 0.497 e. The van der Waals surface area contributed by atoms with Crippen molar-refractivity contribution in [2.75, 3.05) is 7.11 Å². The molecule has 0 N–H and O–H groups in total. The fraction of sp³-hybridized carbons (Fsp3) is 0.250. The Balaban J connectivity index is 2.25. The van der Waals surface area contributed by atoms with E-state index in [2.05, 4.69) is 5.10 Å². The lowest BCUT2D eigenvalue weighted by molar-refractivity contribution is 0.410. The quantitative estimate of drug-likeness (QED) is 0.794. The molecular formula is C12H13FN2O. The van der Waals surface area contributed by atoms with Gasteiger partial charge in [-0.05, 0) is 19.1 Å². The number of rotatable bonds is 3. The molecule has 3 nitrogen and oxygen atoms in total. The number of hydrogen-bond acceptors (Lipinski definition) is 2. The van der Waals surface area contributed by atoms with Crippen LogP contribution in [0.4, 0.5) is 4.39 Å². The minimum Gasteiger partial charge on any atom is -0.497 e. The van der Waals surface area contributed by atoms with E-state index >= 15 is 0 Å². The van der Waals surface area contributed by atoms with Crippen LogP contribution < -0.4 is 4.74 Å². The summed E-state index contributed by atoms with van der Waals surface area (Å²) in [5, 5.41) is 4.11. The van der Waals surface area contributed by atoms with E-state index in [1.807, 2.05) is 13.0 Å². The maximum absolute atomic E-state index is 13.6. The van der Waals surface area contributed by atoms with Crippen molar-refractivity contribution in [2.24, 2.45) is 0 Å². The lowest BCUT2D eigenvalue weighted by Gasteiger charge is -2.07. The van der Waals surface area contributed by atoms with Gasteiger partial charge in [-0.15, -0.1) is 0 Å². The normalized spacial score (nSPS) is 10.4. The van der Waals surface area contributed by atoms with E-state index in [-0.39, 0.29) is 5.82 Å². The summed E-state index contributed by atoms with van der Waals surface area (Å²) >= 11 is 0. The summed E-state index contributed by atoms with van der Waals surface area (Å²) in [6, 6.07) is 6.74. The van der Waals surface area contributed by atoms with Gasteiger partial charge in [0.15, 0.2) is 0 Å². The maximum Gasteiger partial charge on any atom is 0.131 e. The summed E-state index contributed by atoms with van der Waals surface area (Å²) in [5.74, 6) is 0.257. The molecule has 0 spiro atoms. The Labute approximate surface area is 93.5 Å². The number of ether oxygens (including phenoxy) is 1. The first-order valence-electron chi connectivity index (χ1n) is 5.01. The highest BCUT2D eigenvalue weighted by Gasteiger charge is 2.06. The molecule has 1 aromatic carbocycles. The number of aryl methyl sites for hydroxylation is 1. The van der Waals surface area contributed by atoms with Crippen LogP contribution in [0.15, 0.2) is 30.5 Å². The maximum atomic E-state index is 13.6. The van der Waals surface area contributed by atoms with Crippen molar-refractivity contribution in [1.29, 1.82) is 0 Å². The third-order valence-electron chi connectivity index (χ3n) is 2.51. The molecule has 4 heteroatoms. The van der Waals surface area contributed by atoms with Gasteiger partial charge in [0.1, 0.15) is 11.6 Å². The minimum atomic E-state index is -0.269. The molecule has 0 saturated carbocycles. The van der Waals surface area contributed by atoms with Crippen LogP contribution >= 0.6 is 0 Å². The third-order valence-corrected chi connectivity index (χ3v) is 2.51. The highest BCUT2D eigenvalue weighted by atomic mass is 19.1. The van der Waals surface area contributed by atoms with Gasteiger partial charge in [0, 0.05) is 23.5 Å². The number of benzene rings is 1. The molecule has 2 aromatic rings. The molecule has 0 bridgehead atoms. The van der Waals surface area contributed by atoms with Gasteiger partial charge in [-0.1, -0.05) is 6.07 Å². The Hall–Kier alpha value is -1.84. The fourth-order valence-corrected chi connectivity index (χ4v) is 1.51. The van der Waals surface area contributed by atoms with Gasteiger partial charge < -0.3 is 4.74 Å². The molecule has 0 aliphatic heterocycles. The first-order chi connectivity index (χ1) is 7.70. The average Bonchev–Trinajstić information content (AvgIpc) is 2.67. The molecule has 0 fully saturated rings. The molecule has 0 saturated heterocycles. The summed E-state index contributed by atoms with van der Waals surface area (Å²) in [6.45, 7) is 2.38. The zero-order chi connectivity index (χ0) is 11.5. The van der Waals surface area contributed by atoms with Crippen molar-refractivity contribution in [1.82, 2.24) is 9.78 Å². The molecule has 0 radical (unpaired) electrons. The van der Waals surface area contributed by atoms with Gasteiger partial charge >= 0.3 is 0 Å². The van der Waals surface area contributed by atoms with Gasteiger partial charge in [-0.3, -0.25) is 4.68 Å². The van der Waals surface area contributed by atoms with Crippen molar-refractivity contribution in [3.8, 4) is 5.75 Å². The number of halogens is 1. The van der Waals surface area contributed by atoms with E-state index in [4.69, 9.17) is 4.74 Å². The standard InChI is InChI=1S/C12H13FN2O/c1-9-5-6-14-15(9)8-10-3-4-11(16-2)7-12(10)13/h3-7H,8H2,1-2H3. The molecule has 1 aromatic heterocycles. The van der Waals surface area contributed by atoms with E-state index in [1.165, 1.54) is 13.2 Å². The number of hydrogen-bond donors (Lipinski definition) is 0. The number of aromatic nitrogens is 2. The lowest BCUT2D eigenvalue weighted by Crippen LogP contribution is -2.05. The molecule has 0 unspecified atom stereocenters. The lowest BCUT2D eigenvalue weighted by atomic mass is 10.2. The molecule has 16 heavy (non-hydrogen) atoms. The van der Waals surface area contributed by atoms with Crippen molar-refractivity contribution in [2.45, 2.75) is 13.5 Å². The van der Waals surface area contributed by atoms with Crippen LogP contribution in [0.3, 0.4) is 0 Å². The van der Waals surface area contributed by atoms with Crippen LogP contribution in [0.5, 0.6) is 5.75 Å². The fourth-order valence-electron chi connectivity index (χ4n) is 1.51. The molecule has 1 heterocycles. The van der Waals surface area contributed by atoms with E-state index in [0.29, 0.717) is 17.9 Å². The molecule has 0 amide bonds. The van der Waals surface area contributed by atoms with Crippen molar-refractivity contribution >= 4 is 0 Å². The smallest absolute Gasteiger partial charge is 0.131 e. The Morgan fingerprint density at radius 1 is 1.38 bits per heavy atom. The summed E-state index contributed by atoms with van der Waals surface area (Å²) in [5.41, 5.74) is 1.61. The van der Waals surface area contributed by atoms with Crippen LogP contribution in [0.1, 0.15) is 11.3 Å². The van der Waals surface area contributed by atoms with Gasteiger partial charge in [-0.2, -0.15) is 5.10 Å². The van der Waals surface area contributed by atoms with Crippen molar-refractivity contribution in [3.63, 3.8) is 0 Å². The zero-order valence-corrected chi connectivity index (χ0v) is 9.27. The second-order valence-electron chi connectivity index (χ2n) is 3.59. The summed E-state index contributed by atoms with van der Waals surface area (Å²) in [4.78, 5) is 0. The van der Waals surface area contributed by atoms with Crippen molar-refractivity contribution in [3.05, 3.63) is 47.5 Å². The SMILES string of the molecule is COc1ccc(Cn2nccc2C)c(F)c1. The summed E-state index contributed by atoms with van der Waals surface area (Å²) in [7, 11) is 1.52. The Morgan fingerprint density at radius 2 is 2.19 bits per heavy atom. The zero-order valence-electron chi connectivity index (χ0n) is 9.27. The monoisotopic (exact) mass is 220 g/mol. The summed E-state index contributed by atoms with van der Waals surface area (Å²) in [6.07, 6.45) is 1.71. The van der Waals surface area contributed by atoms with Gasteiger partial charge in [0.05, 0.1) is 13.7 Å². The third kappa shape index (κ3) is 2.05.